The topological polar surface area (TPSA) is 0 Å². The van der Waals surface area contributed by atoms with Crippen LogP contribution in [0.4, 0.5) is 0 Å². The van der Waals surface area contributed by atoms with E-state index in [1.54, 1.807) is 0 Å². The fraction of sp³-hybridized carbons (Fsp3) is 0. The van der Waals surface area contributed by atoms with Crippen LogP contribution in [0.1, 0.15) is 0 Å². The molecule has 0 aromatic rings. The largest absolute Gasteiger partial charge is 0 e. The van der Waals surface area contributed by atoms with Crippen molar-refractivity contribution in [1.29, 1.82) is 0 Å². The quantitative estimate of drug-likeness (QED) is 0.366. The van der Waals surface area contributed by atoms with Gasteiger partial charge in [0.05, 0.1) is 0 Å². The Hall–Kier alpha value is 5.58. The van der Waals surface area contributed by atoms with E-state index >= 15 is 0 Å². The van der Waals surface area contributed by atoms with Crippen LogP contribution in [0.15, 0.2) is 0 Å². The van der Waals surface area contributed by atoms with Crippen LogP contribution in [-0.4, -0.2) is 0 Å². The molecule has 0 amide bonds. The van der Waals surface area contributed by atoms with Crippen molar-refractivity contribution >= 4 is 0 Å². The van der Waals surface area contributed by atoms with Crippen molar-refractivity contribution in [2.45, 2.75) is 0 Å². The van der Waals surface area contributed by atoms with Crippen LogP contribution in [0.2, 0.25) is 0 Å². The maximum atomic E-state index is 0. The minimum atomic E-state index is 0. The normalized spacial score (nSPS) is 0. The van der Waals surface area contributed by atoms with Crippen LogP contribution in [0.3, 0.4) is 0 Å². The second-order valence-electron chi connectivity index (χ2n) is 0. The van der Waals surface area contributed by atoms with Crippen LogP contribution in [0.5, 0.6) is 0 Å². The molecule has 0 aromatic carbocycles. The minimum Gasteiger partial charge on any atom is 0 e. The minimum absolute atomic E-state index is 0. The van der Waals surface area contributed by atoms with Gasteiger partial charge in [-0.1, -0.05) is 0 Å². The average Bonchev–Trinajstić information content (AvgIpc) is 0. The van der Waals surface area contributed by atoms with Gasteiger partial charge in [0.1, 0.15) is 0 Å². The van der Waals surface area contributed by atoms with Crippen molar-refractivity contribution < 1.29 is 170 Å². The van der Waals surface area contributed by atoms with Gasteiger partial charge in [0.25, 0.3) is 0 Å². The molecule has 0 heterocycles. The van der Waals surface area contributed by atoms with E-state index in [9.17, 15) is 0 Å². The summed E-state index contributed by atoms with van der Waals surface area (Å²) in [4.78, 5) is 0. The third-order valence-corrected chi connectivity index (χ3v) is 0. The smallest absolute Gasteiger partial charge is 0 e. The van der Waals surface area contributed by atoms with Gasteiger partial charge in [-0.3, -0.25) is 0 Å². The zero-order valence-electron chi connectivity index (χ0n) is 1.59. The van der Waals surface area contributed by atoms with E-state index < -0.39 is 0 Å². The first kappa shape index (κ1) is 22.6. The Bertz CT molecular complexity index is 8.00. The molecule has 0 aliphatic carbocycles. The van der Waals surface area contributed by atoms with E-state index in [4.69, 9.17) is 0 Å². The summed E-state index contributed by atoms with van der Waals surface area (Å²) < 4.78 is 0. The Balaban J connectivity index is 0. The summed E-state index contributed by atoms with van der Waals surface area (Å²) in [6, 6.07) is 0. The molecule has 4 heteroatoms. The van der Waals surface area contributed by atoms with Gasteiger partial charge in [-0.25, -0.2) is 0 Å². The van der Waals surface area contributed by atoms with Crippen molar-refractivity contribution in [2.75, 3.05) is 0 Å². The summed E-state index contributed by atoms with van der Waals surface area (Å²) in [5.74, 6) is 0. The Morgan fingerprint density at radius 3 is 1.00 bits per heavy atom. The third-order valence-electron chi connectivity index (χ3n) is 0. The van der Waals surface area contributed by atoms with Gasteiger partial charge in [-0.2, -0.15) is 0 Å². The van der Waals surface area contributed by atoms with Crippen molar-refractivity contribution in [3.8, 4) is 0 Å². The molecule has 0 rings (SSSR count). The molecule has 26 valence electrons. The van der Waals surface area contributed by atoms with Crippen LogP contribution in [-0.2, 0) is 0 Å². The molecule has 0 bridgehead atoms. The van der Waals surface area contributed by atoms with E-state index in [-0.39, 0.29) is 170 Å². The van der Waals surface area contributed by atoms with Gasteiger partial charge in [0.2, 0.25) is 0 Å². The van der Waals surface area contributed by atoms with E-state index in [1.165, 1.54) is 0 Å². The second kappa shape index (κ2) is 15.8. The average molecular weight is 605 g/mol. The maximum Gasteiger partial charge on any atom is 0 e. The molecular weight excluding hydrogens is 605 g/mol. The third kappa shape index (κ3) is 10.5. The summed E-state index contributed by atoms with van der Waals surface area (Å²) in [5.41, 5.74) is 0. The molecule has 0 saturated heterocycles. The number of hydrogen-bond acceptors (Lipinski definition) is 0. The van der Waals surface area contributed by atoms with Gasteiger partial charge in [-0.15, -0.1) is 0 Å². The van der Waals surface area contributed by atoms with E-state index in [1.807, 2.05) is 0 Å². The second-order valence-corrected chi connectivity index (χ2v) is 0. The standard InChI is InChI=1S/Eu.Gd.Pm.Sm. The molecule has 0 saturated carbocycles. The Morgan fingerprint density at radius 2 is 1.00 bits per heavy atom. The molecule has 4 heavy (non-hydrogen) atoms. The Kier molecular flexibility index (Phi) is 89.7. The molecular formula is EuGdPmSm. The van der Waals surface area contributed by atoms with Crippen LogP contribution >= 0.6 is 0 Å². The zero-order valence-corrected chi connectivity index (χ0v) is 11.8. The first-order chi connectivity index (χ1) is 0. The zero-order chi connectivity index (χ0) is 0. The monoisotopic (exact) mass is 608 g/mol. The predicted octanol–water partition coefficient (Wildman–Crippen LogP) is 0. The van der Waals surface area contributed by atoms with Crippen molar-refractivity contribution in [2.24, 2.45) is 0 Å². The molecule has 0 aliphatic rings. The molecule has 2 radical (unpaired) electrons. The number of rotatable bonds is 0. The van der Waals surface area contributed by atoms with Gasteiger partial charge >= 0.3 is 0 Å². The molecule has 0 nitrogen and oxygen atoms in total. The molecule has 0 aromatic heterocycles. The summed E-state index contributed by atoms with van der Waals surface area (Å²) in [5, 5.41) is 0. The number of hydrogen-bond donors (Lipinski definition) is 0. The van der Waals surface area contributed by atoms with Gasteiger partial charge < -0.3 is 0 Å². The van der Waals surface area contributed by atoms with Gasteiger partial charge in [0.15, 0.2) is 0 Å². The summed E-state index contributed by atoms with van der Waals surface area (Å²) in [6.45, 7) is 0. The summed E-state index contributed by atoms with van der Waals surface area (Å²) in [7, 11) is 0. The first-order valence-corrected chi connectivity index (χ1v) is 0. The molecule has 0 N–H and O–H groups in total. The molecule has 0 spiro atoms. The van der Waals surface area contributed by atoms with Crippen LogP contribution in [0, 0.1) is 170 Å². The fourth-order valence-electron chi connectivity index (χ4n) is 0. The summed E-state index contributed by atoms with van der Waals surface area (Å²) in [6.07, 6.45) is 0. The predicted molar refractivity (Wildman–Crippen MR) is 0 cm³/mol. The van der Waals surface area contributed by atoms with Crippen molar-refractivity contribution in [3.63, 3.8) is 0 Å². The SMILES string of the molecule is [Eu].[Gd].[Pm].[Sm]. The Labute approximate surface area is 164 Å². The molecule has 0 aliphatic heterocycles. The van der Waals surface area contributed by atoms with Crippen LogP contribution in [0.25, 0.3) is 0 Å². The van der Waals surface area contributed by atoms with Crippen LogP contribution < -0.4 is 0 Å². The van der Waals surface area contributed by atoms with Crippen molar-refractivity contribution in [3.05, 3.63) is 0 Å². The molecule has 0 atom stereocenters. The van der Waals surface area contributed by atoms with Gasteiger partial charge in [0, 0.05) is 170 Å². The maximum absolute atomic E-state index is 0. The first-order valence-electron chi connectivity index (χ1n) is 0. The molecule has 0 unspecified atom stereocenters. The van der Waals surface area contributed by atoms with E-state index in [2.05, 4.69) is 0 Å². The van der Waals surface area contributed by atoms with E-state index in [0.717, 1.165) is 0 Å². The van der Waals surface area contributed by atoms with Crippen molar-refractivity contribution in [1.82, 2.24) is 0 Å². The van der Waals surface area contributed by atoms with Gasteiger partial charge in [-0.05, 0) is 0 Å². The van der Waals surface area contributed by atoms with E-state index in [0.29, 0.717) is 0 Å². The molecule has 0 fully saturated rings. The fourth-order valence-corrected chi connectivity index (χ4v) is 0. The Morgan fingerprint density at radius 1 is 1.00 bits per heavy atom. The summed E-state index contributed by atoms with van der Waals surface area (Å²) >= 11 is 0.